The summed E-state index contributed by atoms with van der Waals surface area (Å²) in [5.41, 5.74) is 0. The normalized spacial score (nSPS) is 11.6. The predicted molar refractivity (Wildman–Crippen MR) is 290 cm³/mol. The highest BCUT2D eigenvalue weighted by atomic mass is 16.6. The van der Waals surface area contributed by atoms with E-state index in [1.165, 1.54) is 238 Å². The minimum absolute atomic E-state index is 0.0611. The number of rotatable bonds is 54. The van der Waals surface area contributed by atoms with E-state index in [1.807, 2.05) is 0 Å². The van der Waals surface area contributed by atoms with Crippen LogP contribution >= 0.6 is 0 Å². The van der Waals surface area contributed by atoms with Gasteiger partial charge in [0.05, 0.1) is 0 Å². The van der Waals surface area contributed by atoms with Crippen molar-refractivity contribution in [2.24, 2.45) is 0 Å². The van der Waals surface area contributed by atoms with E-state index in [9.17, 15) is 19.2 Å². The molecule has 69 heavy (non-hydrogen) atoms. The first-order valence-electron chi connectivity index (χ1n) is 30.1. The van der Waals surface area contributed by atoms with E-state index in [0.29, 0.717) is 19.3 Å². The summed E-state index contributed by atoms with van der Waals surface area (Å²) >= 11 is 0. The molecule has 0 aromatic heterocycles. The Balaban J connectivity index is 0. The minimum atomic E-state index is -1.23. The van der Waals surface area contributed by atoms with Crippen LogP contribution in [0, 0.1) is 0 Å². The number of carbonyl (C=O) groups is 4. The van der Waals surface area contributed by atoms with Gasteiger partial charge in [0, 0.05) is 19.3 Å². The Labute approximate surface area is 427 Å². The highest BCUT2D eigenvalue weighted by molar-refractivity contribution is 5.71. The van der Waals surface area contributed by atoms with Crippen molar-refractivity contribution in [2.45, 2.75) is 348 Å². The summed E-state index contributed by atoms with van der Waals surface area (Å²) in [7, 11) is 0. The van der Waals surface area contributed by atoms with Crippen molar-refractivity contribution in [2.75, 3.05) is 13.2 Å². The highest BCUT2D eigenvalue weighted by Gasteiger charge is 2.19. The van der Waals surface area contributed by atoms with Gasteiger partial charge in [0.2, 0.25) is 0 Å². The molecule has 0 radical (unpaired) electrons. The molecule has 9 nitrogen and oxygen atoms in total. The first-order valence-corrected chi connectivity index (χ1v) is 30.1. The lowest BCUT2D eigenvalue weighted by molar-refractivity contribution is -0.167. The Kier molecular flexibility index (Phi) is 58.3. The molecular weight excluding hydrogens is 865 g/mol. The number of hydrogen-bond acceptors (Lipinski definition) is 8. The molecule has 0 bridgehead atoms. The molecule has 0 saturated carbocycles. The third-order valence-electron chi connectivity index (χ3n) is 13.5. The number of ether oxygens (including phenoxy) is 3. The SMILES string of the molecule is CC(O)C(=O)O.CCCCCCCCCCCCCCCCCC(=O)OCC(COC(=O)CCCCCCCCCCCCCCCCC)OC(=O)CCCCCCCCCCCCCCCCC. The Bertz CT molecular complexity index is 1030. The molecular formula is C60H116O9. The molecule has 9 heteroatoms. The van der Waals surface area contributed by atoms with E-state index in [4.69, 9.17) is 24.4 Å². The van der Waals surface area contributed by atoms with Crippen LogP contribution in [-0.2, 0) is 33.4 Å². The van der Waals surface area contributed by atoms with Gasteiger partial charge in [0.25, 0.3) is 0 Å². The number of unbranched alkanes of at least 4 members (excludes halogenated alkanes) is 42. The highest BCUT2D eigenvalue weighted by Crippen LogP contribution is 2.18. The van der Waals surface area contributed by atoms with E-state index in [1.54, 1.807) is 0 Å². The number of aliphatic hydroxyl groups excluding tert-OH is 1. The third kappa shape index (κ3) is 60.1. The van der Waals surface area contributed by atoms with Crippen LogP contribution in [0.3, 0.4) is 0 Å². The van der Waals surface area contributed by atoms with Gasteiger partial charge in [-0.3, -0.25) is 14.4 Å². The summed E-state index contributed by atoms with van der Waals surface area (Å²) in [6.45, 7) is 7.90. The fraction of sp³-hybridized carbons (Fsp3) is 0.933. The molecule has 0 amide bonds. The molecule has 0 fully saturated rings. The van der Waals surface area contributed by atoms with Gasteiger partial charge in [0.15, 0.2) is 6.10 Å². The topological polar surface area (TPSA) is 136 Å². The molecule has 0 aliphatic carbocycles. The number of carbonyl (C=O) groups excluding carboxylic acids is 3. The summed E-state index contributed by atoms with van der Waals surface area (Å²) < 4.78 is 16.9. The second-order valence-corrected chi connectivity index (χ2v) is 20.6. The lowest BCUT2D eigenvalue weighted by Gasteiger charge is -2.18. The van der Waals surface area contributed by atoms with Crippen LogP contribution in [-0.4, -0.2) is 59.5 Å². The van der Waals surface area contributed by atoms with Gasteiger partial charge < -0.3 is 24.4 Å². The van der Waals surface area contributed by atoms with Crippen molar-refractivity contribution in [1.29, 1.82) is 0 Å². The summed E-state index contributed by atoms with van der Waals surface area (Å²) in [4.78, 5) is 47.5. The van der Waals surface area contributed by atoms with Crippen LogP contribution in [0.5, 0.6) is 0 Å². The van der Waals surface area contributed by atoms with Gasteiger partial charge in [0.1, 0.15) is 19.3 Å². The molecule has 0 aromatic carbocycles. The van der Waals surface area contributed by atoms with Crippen LogP contribution in [0.2, 0.25) is 0 Å². The van der Waals surface area contributed by atoms with Crippen molar-refractivity contribution in [3.8, 4) is 0 Å². The number of carboxylic acid groups (broad SMARTS) is 1. The summed E-state index contributed by atoms with van der Waals surface area (Å²) in [5.74, 6) is -2.02. The molecule has 2 N–H and O–H groups in total. The second kappa shape index (κ2) is 58.4. The maximum absolute atomic E-state index is 12.8. The summed E-state index contributed by atoms with van der Waals surface area (Å²) in [6.07, 6.45) is 56.8. The average Bonchev–Trinajstić information content (AvgIpc) is 3.33. The number of aliphatic carboxylic acids is 1. The van der Waals surface area contributed by atoms with E-state index in [-0.39, 0.29) is 31.1 Å². The Morgan fingerprint density at radius 1 is 0.319 bits per heavy atom. The van der Waals surface area contributed by atoms with Crippen LogP contribution in [0.4, 0.5) is 0 Å². The van der Waals surface area contributed by atoms with Crippen molar-refractivity contribution in [3.05, 3.63) is 0 Å². The molecule has 0 saturated heterocycles. The summed E-state index contributed by atoms with van der Waals surface area (Å²) in [5, 5.41) is 15.8. The van der Waals surface area contributed by atoms with Crippen molar-refractivity contribution >= 4 is 23.9 Å². The Morgan fingerprint density at radius 2 is 0.493 bits per heavy atom. The van der Waals surface area contributed by atoms with E-state index >= 15 is 0 Å². The first-order chi connectivity index (χ1) is 33.7. The fourth-order valence-corrected chi connectivity index (χ4v) is 8.80. The van der Waals surface area contributed by atoms with Crippen LogP contribution in [0.15, 0.2) is 0 Å². The maximum atomic E-state index is 12.8. The van der Waals surface area contributed by atoms with Crippen molar-refractivity contribution in [1.82, 2.24) is 0 Å². The zero-order valence-corrected chi connectivity index (χ0v) is 46.3. The monoisotopic (exact) mass is 981 g/mol. The standard InChI is InChI=1S/C57H110O6.C3H6O3/c1-4-7-10-13-16-19-22-25-28-31-34-37-40-43-46-49-55(58)61-52-54(63-57(60)51-48-45-42-39-36-33-30-27-24-21-18-15-12-9-6-3)53-62-56(59)50-47-44-41-38-35-32-29-26-23-20-17-14-11-8-5-2;1-2(4)3(5)6/h54H,4-53H2,1-3H3;2,4H,1H3,(H,5,6). The molecule has 1 atom stereocenters. The minimum Gasteiger partial charge on any atom is -0.479 e. The zero-order valence-electron chi connectivity index (χ0n) is 46.3. The molecule has 410 valence electrons. The number of hydrogen-bond donors (Lipinski definition) is 2. The largest absolute Gasteiger partial charge is 0.479 e. The molecule has 0 aliphatic heterocycles. The quantitative estimate of drug-likeness (QED) is 0.0347. The van der Waals surface area contributed by atoms with Crippen molar-refractivity contribution in [3.63, 3.8) is 0 Å². The molecule has 0 rings (SSSR count). The lowest BCUT2D eigenvalue weighted by Crippen LogP contribution is -2.30. The van der Waals surface area contributed by atoms with Gasteiger partial charge >= 0.3 is 23.9 Å². The van der Waals surface area contributed by atoms with Crippen molar-refractivity contribution < 1.29 is 43.6 Å². The van der Waals surface area contributed by atoms with Gasteiger partial charge in [-0.25, -0.2) is 4.79 Å². The third-order valence-corrected chi connectivity index (χ3v) is 13.5. The van der Waals surface area contributed by atoms with Crippen LogP contribution in [0.1, 0.15) is 336 Å². The average molecular weight is 982 g/mol. The Morgan fingerprint density at radius 3 is 0.681 bits per heavy atom. The predicted octanol–water partition coefficient (Wildman–Crippen LogP) is 18.2. The van der Waals surface area contributed by atoms with Gasteiger partial charge in [-0.2, -0.15) is 0 Å². The second-order valence-electron chi connectivity index (χ2n) is 20.6. The van der Waals surface area contributed by atoms with Crippen LogP contribution < -0.4 is 0 Å². The molecule has 0 heterocycles. The van der Waals surface area contributed by atoms with E-state index in [0.717, 1.165) is 57.8 Å². The number of esters is 3. The molecule has 0 aromatic rings. The fourth-order valence-electron chi connectivity index (χ4n) is 8.80. The molecule has 1 unspecified atom stereocenters. The van der Waals surface area contributed by atoms with Gasteiger partial charge in [-0.05, 0) is 26.2 Å². The zero-order chi connectivity index (χ0) is 50.9. The lowest BCUT2D eigenvalue weighted by atomic mass is 10.0. The van der Waals surface area contributed by atoms with Gasteiger partial charge in [-0.15, -0.1) is 0 Å². The molecule has 0 aliphatic rings. The van der Waals surface area contributed by atoms with E-state index < -0.39 is 18.2 Å². The molecule has 0 spiro atoms. The maximum Gasteiger partial charge on any atom is 0.332 e. The van der Waals surface area contributed by atoms with Gasteiger partial charge in [-0.1, -0.05) is 290 Å². The van der Waals surface area contributed by atoms with E-state index in [2.05, 4.69) is 20.8 Å². The smallest absolute Gasteiger partial charge is 0.332 e. The number of aliphatic hydroxyl groups is 1. The first kappa shape index (κ1) is 68.9. The van der Waals surface area contributed by atoms with Crippen LogP contribution in [0.25, 0.3) is 0 Å². The number of carboxylic acids is 1. The Hall–Kier alpha value is -2.16. The summed E-state index contributed by atoms with van der Waals surface area (Å²) in [6, 6.07) is 0.